The molecule has 4 saturated carbocycles. The van der Waals surface area contributed by atoms with E-state index in [0.29, 0.717) is 34.9 Å². The summed E-state index contributed by atoms with van der Waals surface area (Å²) >= 11 is 0. The van der Waals surface area contributed by atoms with E-state index < -0.39 is 11.0 Å². The van der Waals surface area contributed by atoms with Crippen LogP contribution in [-0.2, 0) is 20.0 Å². The monoisotopic (exact) mass is 354 g/mol. The van der Waals surface area contributed by atoms with E-state index in [0.717, 1.165) is 38.5 Å². The number of fused-ring (bicyclic) bond motifs is 5. The predicted octanol–water partition coefficient (Wildman–Crippen LogP) is 3.51. The molecule has 5 heteroatoms. The predicted molar refractivity (Wildman–Crippen MR) is 91.9 cm³/mol. The molecule has 4 aliphatic rings. The van der Waals surface area contributed by atoms with Gasteiger partial charge in [0.05, 0.1) is 6.10 Å². The summed E-state index contributed by atoms with van der Waals surface area (Å²) in [6, 6.07) is 0. The smallest absolute Gasteiger partial charge is 0.257 e. The van der Waals surface area contributed by atoms with E-state index in [-0.39, 0.29) is 11.5 Å². The summed E-state index contributed by atoms with van der Waals surface area (Å²) in [7, 11) is -2.74. The van der Waals surface area contributed by atoms with Crippen LogP contribution in [0.2, 0.25) is 0 Å². The molecule has 4 rings (SSSR count). The first kappa shape index (κ1) is 17.0. The van der Waals surface area contributed by atoms with Gasteiger partial charge in [0.2, 0.25) is 0 Å². The summed E-state index contributed by atoms with van der Waals surface area (Å²) in [6.45, 7) is 4.68. The lowest BCUT2D eigenvalue weighted by Gasteiger charge is -2.60. The van der Waals surface area contributed by atoms with Gasteiger partial charge in [-0.1, -0.05) is 13.8 Å². The number of rotatable bonds is 2. The van der Waals surface area contributed by atoms with E-state index in [1.807, 2.05) is 0 Å². The summed E-state index contributed by atoms with van der Waals surface area (Å²) in [5.74, 6) is 3.09. The van der Waals surface area contributed by atoms with Gasteiger partial charge in [-0.05, 0) is 80.5 Å². The van der Waals surface area contributed by atoms with Crippen LogP contribution >= 0.6 is 0 Å². The molecule has 0 bridgehead atoms. The number of Topliss-reactive ketones (excluding diaryl/α,β-unsaturated/α-hetero) is 1. The van der Waals surface area contributed by atoms with Crippen molar-refractivity contribution in [1.29, 1.82) is 0 Å². The number of hydrogen-bond acceptors (Lipinski definition) is 4. The van der Waals surface area contributed by atoms with Crippen molar-refractivity contribution < 1.29 is 17.4 Å². The summed E-state index contributed by atoms with van der Waals surface area (Å²) in [6.07, 6.45) is 9.24. The minimum atomic E-state index is -2.74. The van der Waals surface area contributed by atoms with Gasteiger partial charge >= 0.3 is 0 Å². The van der Waals surface area contributed by atoms with Crippen molar-refractivity contribution in [2.75, 3.05) is 0 Å². The zero-order valence-corrected chi connectivity index (χ0v) is 15.7. The van der Waals surface area contributed by atoms with Crippen molar-refractivity contribution in [3.8, 4) is 0 Å². The van der Waals surface area contributed by atoms with Gasteiger partial charge < -0.3 is 0 Å². The van der Waals surface area contributed by atoms with Gasteiger partial charge in [-0.25, -0.2) is 8.42 Å². The van der Waals surface area contributed by atoms with E-state index in [4.69, 9.17) is 4.18 Å². The molecule has 0 aliphatic heterocycles. The molecule has 0 aromatic rings. The normalized spacial score (nSPS) is 51.1. The standard InChI is InChI=1S/C19H30O4S/c1-18-9-7-13(23-24(21)22)11-12(18)3-4-14-15-5-6-17(20)19(15,2)10-8-16(14)18/h12-16,24H,3-11H2,1-2H3/t12?,13-,14-,15-,16-,18-,19-/m0/s1. The van der Waals surface area contributed by atoms with E-state index in [1.165, 1.54) is 19.3 Å². The van der Waals surface area contributed by atoms with Crippen LogP contribution in [0.25, 0.3) is 0 Å². The van der Waals surface area contributed by atoms with E-state index in [1.54, 1.807) is 0 Å². The quantitative estimate of drug-likeness (QED) is 0.771. The average Bonchev–Trinajstić information content (AvgIpc) is 2.83. The molecule has 4 aliphatic carbocycles. The van der Waals surface area contributed by atoms with Gasteiger partial charge in [0.15, 0.2) is 0 Å². The van der Waals surface area contributed by atoms with Crippen molar-refractivity contribution in [2.45, 2.75) is 77.7 Å². The third-order valence-corrected chi connectivity index (χ3v) is 9.03. The Morgan fingerprint density at radius 2 is 1.79 bits per heavy atom. The number of thiol groups is 1. The van der Waals surface area contributed by atoms with Crippen LogP contribution in [0.5, 0.6) is 0 Å². The van der Waals surface area contributed by atoms with Gasteiger partial charge in [-0.2, -0.15) is 0 Å². The third kappa shape index (κ3) is 2.41. The van der Waals surface area contributed by atoms with Gasteiger partial charge in [-0.15, -0.1) is 0 Å². The molecule has 0 heterocycles. The highest BCUT2D eigenvalue weighted by Crippen LogP contribution is 2.65. The Hall–Kier alpha value is -0.420. The summed E-state index contributed by atoms with van der Waals surface area (Å²) in [5.41, 5.74) is 0.260. The number of hydrogen-bond donors (Lipinski definition) is 1. The minimum absolute atomic E-state index is 0.0500. The number of carbonyl (C=O) groups excluding carboxylic acids is 1. The van der Waals surface area contributed by atoms with Gasteiger partial charge in [0.25, 0.3) is 11.0 Å². The van der Waals surface area contributed by atoms with Crippen molar-refractivity contribution in [3.05, 3.63) is 0 Å². The zero-order valence-electron chi connectivity index (χ0n) is 14.8. The maximum absolute atomic E-state index is 12.4. The molecular formula is C19H30O4S. The first-order valence-corrected chi connectivity index (χ1v) is 10.8. The summed E-state index contributed by atoms with van der Waals surface area (Å²) in [5, 5.41) is 0. The Kier molecular flexibility index (Phi) is 4.11. The van der Waals surface area contributed by atoms with Crippen LogP contribution in [0.4, 0.5) is 0 Å². The summed E-state index contributed by atoms with van der Waals surface area (Å²) in [4.78, 5) is 12.4. The second kappa shape index (κ2) is 5.80. The number of ketones is 1. The molecule has 0 radical (unpaired) electrons. The van der Waals surface area contributed by atoms with Crippen LogP contribution in [0.15, 0.2) is 0 Å². The Balaban J connectivity index is 1.55. The highest BCUT2D eigenvalue weighted by molar-refractivity contribution is 7.67. The summed E-state index contributed by atoms with van der Waals surface area (Å²) < 4.78 is 26.9. The van der Waals surface area contributed by atoms with Crippen molar-refractivity contribution in [1.82, 2.24) is 0 Å². The lowest BCUT2D eigenvalue weighted by Crippen LogP contribution is -2.54. The molecule has 1 unspecified atom stereocenters. The fraction of sp³-hybridized carbons (Fsp3) is 0.947. The van der Waals surface area contributed by atoms with Gasteiger partial charge in [-0.3, -0.25) is 8.98 Å². The molecule has 0 spiro atoms. The van der Waals surface area contributed by atoms with E-state index in [9.17, 15) is 13.2 Å². The van der Waals surface area contributed by atoms with Crippen molar-refractivity contribution >= 4 is 16.8 Å². The van der Waals surface area contributed by atoms with Crippen molar-refractivity contribution in [3.63, 3.8) is 0 Å². The zero-order chi connectivity index (χ0) is 17.1. The maximum Gasteiger partial charge on any atom is 0.257 e. The van der Waals surface area contributed by atoms with Crippen LogP contribution in [0.3, 0.4) is 0 Å². The molecule has 0 aromatic heterocycles. The topological polar surface area (TPSA) is 60.4 Å². The number of carbonyl (C=O) groups is 1. The molecule has 7 atom stereocenters. The lowest BCUT2D eigenvalue weighted by molar-refractivity contribution is -0.141. The van der Waals surface area contributed by atoms with Gasteiger partial charge in [0, 0.05) is 11.8 Å². The third-order valence-electron chi connectivity index (χ3n) is 8.56. The van der Waals surface area contributed by atoms with Gasteiger partial charge in [0.1, 0.15) is 5.78 Å². The molecule has 4 nitrogen and oxygen atoms in total. The van der Waals surface area contributed by atoms with Crippen LogP contribution < -0.4 is 0 Å². The first-order valence-electron chi connectivity index (χ1n) is 9.69. The fourth-order valence-corrected chi connectivity index (χ4v) is 7.64. The van der Waals surface area contributed by atoms with Crippen molar-refractivity contribution in [2.24, 2.45) is 34.5 Å². The van der Waals surface area contributed by atoms with Crippen LogP contribution in [-0.4, -0.2) is 20.3 Å². The molecule has 0 amide bonds. The average molecular weight is 355 g/mol. The first-order chi connectivity index (χ1) is 11.3. The van der Waals surface area contributed by atoms with Crippen LogP contribution in [0, 0.1) is 34.5 Å². The molecule has 24 heavy (non-hydrogen) atoms. The highest BCUT2D eigenvalue weighted by Gasteiger charge is 2.60. The Morgan fingerprint density at radius 1 is 1.00 bits per heavy atom. The highest BCUT2D eigenvalue weighted by atomic mass is 32.2. The fourth-order valence-electron chi connectivity index (χ4n) is 7.21. The largest absolute Gasteiger partial charge is 0.299 e. The Bertz CT molecular complexity index is 606. The SMILES string of the molecule is C[C@]12CC[C@H](O[SH](=O)=O)CC1CC[C@@H]1[C@@H]2CC[C@]2(C)C(=O)CC[C@@H]12. The second-order valence-corrected chi connectivity index (χ2v) is 9.96. The molecule has 0 N–H and O–H groups in total. The molecule has 136 valence electrons. The minimum Gasteiger partial charge on any atom is -0.299 e. The Morgan fingerprint density at radius 3 is 2.54 bits per heavy atom. The molecule has 0 aromatic carbocycles. The maximum atomic E-state index is 12.4. The Labute approximate surface area is 146 Å². The molecule has 4 fully saturated rings. The molecular weight excluding hydrogens is 324 g/mol. The molecule has 0 saturated heterocycles. The second-order valence-electron chi connectivity index (χ2n) is 9.30. The van der Waals surface area contributed by atoms with E-state index in [2.05, 4.69) is 13.8 Å². The van der Waals surface area contributed by atoms with Crippen LogP contribution in [0.1, 0.15) is 71.6 Å². The van der Waals surface area contributed by atoms with E-state index >= 15 is 0 Å². The lowest BCUT2D eigenvalue weighted by atomic mass is 9.45.